The zero-order valence-electron chi connectivity index (χ0n) is 12.3. The molecule has 22 heavy (non-hydrogen) atoms. The highest BCUT2D eigenvalue weighted by Crippen LogP contribution is 2.20. The summed E-state index contributed by atoms with van der Waals surface area (Å²) in [5.74, 6) is 0.437. The van der Waals surface area contributed by atoms with Crippen LogP contribution in [-0.2, 0) is 11.2 Å². The van der Waals surface area contributed by atoms with Crippen LogP contribution < -0.4 is 10.6 Å². The number of carbonyl (C=O) groups excluding carboxylic acids is 1. The van der Waals surface area contributed by atoms with E-state index < -0.39 is 0 Å². The molecule has 5 nitrogen and oxygen atoms in total. The number of hydrogen-bond acceptors (Lipinski definition) is 4. The van der Waals surface area contributed by atoms with E-state index in [2.05, 4.69) is 15.6 Å². The molecule has 0 fully saturated rings. The lowest BCUT2D eigenvalue weighted by molar-refractivity contribution is -0.120. The Hall–Kier alpha value is -1.56. The van der Waals surface area contributed by atoms with Gasteiger partial charge in [-0.2, -0.15) is 0 Å². The van der Waals surface area contributed by atoms with Gasteiger partial charge in [0.05, 0.1) is 12.1 Å². The molecule has 1 aromatic carbocycles. The second kappa shape index (κ2) is 9.46. The van der Waals surface area contributed by atoms with Gasteiger partial charge in [-0.15, -0.1) is 12.4 Å². The number of hydrogen-bond donors (Lipinski definition) is 2. The molecule has 2 N–H and O–H groups in total. The van der Waals surface area contributed by atoms with Crippen LogP contribution in [0, 0.1) is 0 Å². The van der Waals surface area contributed by atoms with Gasteiger partial charge in [-0.3, -0.25) is 4.79 Å². The third kappa shape index (κ3) is 5.67. The summed E-state index contributed by atoms with van der Waals surface area (Å²) in [5, 5.41) is 6.53. The maximum Gasteiger partial charge on any atom is 0.226 e. The summed E-state index contributed by atoms with van der Waals surface area (Å²) in [6, 6.07) is 7.20. The molecule has 0 saturated carbocycles. The van der Waals surface area contributed by atoms with Crippen LogP contribution in [0.4, 0.5) is 0 Å². The maximum absolute atomic E-state index is 11.7. The molecule has 2 rings (SSSR count). The highest BCUT2D eigenvalue weighted by atomic mass is 35.5. The van der Waals surface area contributed by atoms with Crippen molar-refractivity contribution in [2.24, 2.45) is 0 Å². The van der Waals surface area contributed by atoms with Crippen LogP contribution in [0.1, 0.15) is 12.1 Å². The van der Waals surface area contributed by atoms with E-state index in [1.165, 1.54) is 6.26 Å². The van der Waals surface area contributed by atoms with Crippen molar-refractivity contribution in [3.63, 3.8) is 0 Å². The summed E-state index contributed by atoms with van der Waals surface area (Å²) in [7, 11) is 1.88. The lowest BCUT2D eigenvalue weighted by atomic mass is 10.2. The van der Waals surface area contributed by atoms with Gasteiger partial charge in [0.15, 0.2) is 0 Å². The standard InChI is InChI=1S/C15H18ClN3O2.ClH/c1-17-7-2-8-18-14(20)9-13-10-21-15(19-13)11-3-5-12(16)6-4-11;/h3-6,10,17H,2,7-9H2,1H3,(H,18,20);1H. The summed E-state index contributed by atoms with van der Waals surface area (Å²) < 4.78 is 5.39. The Bertz CT molecular complexity index is 585. The van der Waals surface area contributed by atoms with E-state index >= 15 is 0 Å². The number of benzene rings is 1. The van der Waals surface area contributed by atoms with Crippen LogP contribution in [-0.4, -0.2) is 31.0 Å². The first-order valence-electron chi connectivity index (χ1n) is 6.80. The SMILES string of the molecule is CNCCCNC(=O)Cc1coc(-c2ccc(Cl)cc2)n1.Cl. The highest BCUT2D eigenvalue weighted by molar-refractivity contribution is 6.30. The van der Waals surface area contributed by atoms with Crippen LogP contribution >= 0.6 is 24.0 Å². The Morgan fingerprint density at radius 1 is 1.27 bits per heavy atom. The summed E-state index contributed by atoms with van der Waals surface area (Å²) in [5.41, 5.74) is 1.45. The molecule has 2 aromatic rings. The molecule has 0 bridgehead atoms. The van der Waals surface area contributed by atoms with Crippen molar-refractivity contribution in [3.8, 4) is 11.5 Å². The Kier molecular flexibility index (Phi) is 7.95. The maximum atomic E-state index is 11.7. The third-order valence-electron chi connectivity index (χ3n) is 2.91. The number of carbonyl (C=O) groups is 1. The van der Waals surface area contributed by atoms with Gasteiger partial charge in [-0.1, -0.05) is 11.6 Å². The highest BCUT2D eigenvalue weighted by Gasteiger charge is 2.10. The van der Waals surface area contributed by atoms with Crippen molar-refractivity contribution in [2.45, 2.75) is 12.8 Å². The second-order valence-corrected chi connectivity index (χ2v) is 5.07. The number of halogens is 2. The number of aromatic nitrogens is 1. The van der Waals surface area contributed by atoms with E-state index in [-0.39, 0.29) is 24.7 Å². The molecule has 0 spiro atoms. The van der Waals surface area contributed by atoms with Gasteiger partial charge in [0.25, 0.3) is 0 Å². The minimum absolute atomic E-state index is 0. The molecule has 0 atom stereocenters. The summed E-state index contributed by atoms with van der Waals surface area (Å²) in [6.45, 7) is 1.53. The molecule has 0 aliphatic heterocycles. The molecular formula is C15H19Cl2N3O2. The predicted octanol–water partition coefficient (Wildman–Crippen LogP) is 2.69. The quantitative estimate of drug-likeness (QED) is 0.758. The molecule has 7 heteroatoms. The van der Waals surface area contributed by atoms with Crippen molar-refractivity contribution in [2.75, 3.05) is 20.1 Å². The number of oxazole rings is 1. The largest absolute Gasteiger partial charge is 0.444 e. The molecule has 1 heterocycles. The van der Waals surface area contributed by atoms with E-state index in [1.54, 1.807) is 12.1 Å². The van der Waals surface area contributed by atoms with Crippen molar-refractivity contribution < 1.29 is 9.21 Å². The van der Waals surface area contributed by atoms with Crippen LogP contribution in [0.5, 0.6) is 0 Å². The Morgan fingerprint density at radius 3 is 2.68 bits per heavy atom. The minimum Gasteiger partial charge on any atom is -0.444 e. The van der Waals surface area contributed by atoms with Gasteiger partial charge < -0.3 is 15.1 Å². The number of amides is 1. The molecule has 120 valence electrons. The number of nitrogens with zero attached hydrogens (tertiary/aromatic N) is 1. The molecule has 0 aliphatic rings. The fourth-order valence-electron chi connectivity index (χ4n) is 1.83. The predicted molar refractivity (Wildman–Crippen MR) is 89.5 cm³/mol. The van der Waals surface area contributed by atoms with Gasteiger partial charge in [-0.25, -0.2) is 4.98 Å². The molecule has 1 amide bonds. The first-order valence-corrected chi connectivity index (χ1v) is 7.18. The summed E-state index contributed by atoms with van der Waals surface area (Å²) >= 11 is 5.84. The normalized spacial score (nSPS) is 10.1. The van der Waals surface area contributed by atoms with Crippen molar-refractivity contribution >= 4 is 29.9 Å². The van der Waals surface area contributed by atoms with Gasteiger partial charge >= 0.3 is 0 Å². The zero-order valence-corrected chi connectivity index (χ0v) is 13.8. The van der Waals surface area contributed by atoms with Gasteiger partial charge in [-0.05, 0) is 44.3 Å². The lowest BCUT2D eigenvalue weighted by Crippen LogP contribution is -2.28. The summed E-state index contributed by atoms with van der Waals surface area (Å²) in [6.07, 6.45) is 2.63. The van der Waals surface area contributed by atoms with E-state index in [4.69, 9.17) is 16.0 Å². The third-order valence-corrected chi connectivity index (χ3v) is 3.16. The smallest absolute Gasteiger partial charge is 0.226 e. The molecule has 0 saturated heterocycles. The molecule has 0 radical (unpaired) electrons. The topological polar surface area (TPSA) is 67.2 Å². The van der Waals surface area contributed by atoms with E-state index in [9.17, 15) is 4.79 Å². The van der Waals surface area contributed by atoms with Gasteiger partial charge in [0, 0.05) is 17.1 Å². The molecule has 0 unspecified atom stereocenters. The zero-order chi connectivity index (χ0) is 15.1. The average Bonchev–Trinajstić information content (AvgIpc) is 2.93. The Morgan fingerprint density at radius 2 is 2.00 bits per heavy atom. The van der Waals surface area contributed by atoms with Crippen molar-refractivity contribution in [3.05, 3.63) is 41.2 Å². The van der Waals surface area contributed by atoms with Crippen LogP contribution in [0.2, 0.25) is 5.02 Å². The number of nitrogens with one attached hydrogen (secondary N) is 2. The van der Waals surface area contributed by atoms with Crippen LogP contribution in [0.25, 0.3) is 11.5 Å². The summed E-state index contributed by atoms with van der Waals surface area (Å²) in [4.78, 5) is 16.0. The van der Waals surface area contributed by atoms with Crippen molar-refractivity contribution in [1.82, 2.24) is 15.6 Å². The first kappa shape index (κ1) is 18.5. The van der Waals surface area contributed by atoms with E-state index in [0.29, 0.717) is 23.2 Å². The van der Waals surface area contributed by atoms with Crippen molar-refractivity contribution in [1.29, 1.82) is 0 Å². The average molecular weight is 344 g/mol. The Labute approximate surface area is 140 Å². The minimum atomic E-state index is -0.0536. The Balaban J connectivity index is 0.00000242. The molecular weight excluding hydrogens is 325 g/mol. The lowest BCUT2D eigenvalue weighted by Gasteiger charge is -2.02. The number of rotatable bonds is 7. The monoisotopic (exact) mass is 343 g/mol. The van der Waals surface area contributed by atoms with E-state index in [1.807, 2.05) is 19.2 Å². The molecule has 1 aromatic heterocycles. The fourth-order valence-corrected chi connectivity index (χ4v) is 1.96. The van der Waals surface area contributed by atoms with Crippen LogP contribution in [0.3, 0.4) is 0 Å². The fraction of sp³-hybridized carbons (Fsp3) is 0.333. The first-order chi connectivity index (χ1) is 10.2. The van der Waals surface area contributed by atoms with Gasteiger partial charge in [0.1, 0.15) is 6.26 Å². The second-order valence-electron chi connectivity index (χ2n) is 4.63. The van der Waals surface area contributed by atoms with Crippen LogP contribution in [0.15, 0.2) is 34.9 Å². The van der Waals surface area contributed by atoms with E-state index in [0.717, 1.165) is 18.5 Å². The molecule has 0 aliphatic carbocycles. The van der Waals surface area contributed by atoms with Gasteiger partial charge in [0.2, 0.25) is 11.8 Å².